The number of amides is 1. The molecule has 0 aromatic heterocycles. The van der Waals surface area contributed by atoms with Crippen molar-refractivity contribution < 1.29 is 27.9 Å². The van der Waals surface area contributed by atoms with E-state index in [9.17, 15) is 18.0 Å². The molecule has 0 fully saturated rings. The summed E-state index contributed by atoms with van der Waals surface area (Å²) >= 11 is 0. The maximum atomic E-state index is 11.6. The van der Waals surface area contributed by atoms with Gasteiger partial charge in [-0.3, -0.25) is 14.3 Å². The van der Waals surface area contributed by atoms with Crippen molar-refractivity contribution in [1.82, 2.24) is 0 Å². The van der Waals surface area contributed by atoms with E-state index in [1.54, 1.807) is 0 Å². The van der Waals surface area contributed by atoms with Crippen LogP contribution in [0, 0.1) is 0 Å². The highest BCUT2D eigenvalue weighted by molar-refractivity contribution is 7.92. The predicted octanol–water partition coefficient (Wildman–Crippen LogP) is 0.157. The fourth-order valence-electron chi connectivity index (χ4n) is 1.34. The van der Waals surface area contributed by atoms with Crippen LogP contribution in [0.15, 0.2) is 24.3 Å². The average Bonchev–Trinajstić information content (AvgIpc) is 2.38. The van der Waals surface area contributed by atoms with Gasteiger partial charge in [0.2, 0.25) is 15.9 Å². The largest absolute Gasteiger partial charge is 0.493 e. The summed E-state index contributed by atoms with van der Waals surface area (Å²) < 4.78 is 30.6. The van der Waals surface area contributed by atoms with Gasteiger partial charge >= 0.3 is 5.97 Å². The van der Waals surface area contributed by atoms with Crippen molar-refractivity contribution in [2.24, 2.45) is 5.73 Å². The number of carbonyl (C=O) groups is 2. The number of benzene rings is 1. The summed E-state index contributed by atoms with van der Waals surface area (Å²) in [7, 11) is -3.70. The Hall–Kier alpha value is -2.29. The quantitative estimate of drug-likeness (QED) is 0.593. The molecular formula is C12H16N2O6S. The van der Waals surface area contributed by atoms with Gasteiger partial charge in [-0.05, 0) is 24.3 Å². The molecule has 116 valence electrons. The van der Waals surface area contributed by atoms with Crippen molar-refractivity contribution >= 4 is 27.6 Å². The van der Waals surface area contributed by atoms with Crippen LogP contribution in [0.1, 0.15) is 12.8 Å². The molecule has 1 amide bonds. The van der Waals surface area contributed by atoms with Crippen LogP contribution in [-0.4, -0.2) is 37.8 Å². The summed E-state index contributed by atoms with van der Waals surface area (Å²) in [6.45, 7) is 0.138. The maximum Gasteiger partial charge on any atom is 0.304 e. The van der Waals surface area contributed by atoms with Gasteiger partial charge in [0, 0.05) is 5.69 Å². The number of rotatable bonds is 9. The minimum Gasteiger partial charge on any atom is -0.493 e. The summed E-state index contributed by atoms with van der Waals surface area (Å²) in [6, 6.07) is 5.99. The summed E-state index contributed by atoms with van der Waals surface area (Å²) in [6.07, 6.45) is -0.382. The number of nitrogens with one attached hydrogen (secondary N) is 1. The average molecular weight is 316 g/mol. The number of anilines is 1. The Balaban J connectivity index is 2.54. The number of ether oxygens (including phenoxy) is 1. The zero-order valence-corrected chi connectivity index (χ0v) is 11.9. The summed E-state index contributed by atoms with van der Waals surface area (Å²) in [5.74, 6) is -1.69. The number of sulfonamides is 1. The highest BCUT2D eigenvalue weighted by Gasteiger charge is 2.12. The molecule has 0 aliphatic heterocycles. The van der Waals surface area contributed by atoms with Crippen molar-refractivity contribution in [2.75, 3.05) is 17.1 Å². The molecule has 0 aliphatic rings. The lowest BCUT2D eigenvalue weighted by atomic mass is 10.3. The molecule has 4 N–H and O–H groups in total. The molecule has 1 rings (SSSR count). The molecule has 21 heavy (non-hydrogen) atoms. The van der Waals surface area contributed by atoms with E-state index >= 15 is 0 Å². The van der Waals surface area contributed by atoms with Crippen molar-refractivity contribution in [2.45, 2.75) is 12.8 Å². The number of nitrogens with two attached hydrogens (primary N) is 1. The molecule has 0 heterocycles. The Morgan fingerprint density at radius 2 is 1.81 bits per heavy atom. The third kappa shape index (κ3) is 7.16. The van der Waals surface area contributed by atoms with Gasteiger partial charge < -0.3 is 15.6 Å². The van der Waals surface area contributed by atoms with E-state index in [1.807, 2.05) is 0 Å². The van der Waals surface area contributed by atoms with Crippen LogP contribution >= 0.6 is 0 Å². The van der Waals surface area contributed by atoms with Crippen molar-refractivity contribution in [3.8, 4) is 5.75 Å². The number of primary amides is 1. The van der Waals surface area contributed by atoms with E-state index in [0.29, 0.717) is 11.4 Å². The third-order valence-electron chi connectivity index (χ3n) is 2.33. The molecule has 0 saturated heterocycles. The van der Waals surface area contributed by atoms with E-state index in [0.717, 1.165) is 0 Å². The second-order valence-corrected chi connectivity index (χ2v) is 6.00. The highest BCUT2D eigenvalue weighted by atomic mass is 32.2. The lowest BCUT2D eigenvalue weighted by Crippen LogP contribution is -2.18. The van der Waals surface area contributed by atoms with Gasteiger partial charge in [0.1, 0.15) is 5.75 Å². The second kappa shape index (κ2) is 7.48. The van der Waals surface area contributed by atoms with Gasteiger partial charge in [-0.2, -0.15) is 0 Å². The fourth-order valence-corrected chi connectivity index (χ4v) is 2.38. The summed E-state index contributed by atoms with van der Waals surface area (Å²) in [4.78, 5) is 20.9. The smallest absolute Gasteiger partial charge is 0.304 e. The van der Waals surface area contributed by atoms with Crippen LogP contribution in [0.3, 0.4) is 0 Å². The normalized spacial score (nSPS) is 10.9. The molecule has 8 nitrogen and oxygen atoms in total. The Morgan fingerprint density at radius 1 is 1.19 bits per heavy atom. The van der Waals surface area contributed by atoms with E-state index in [1.165, 1.54) is 24.3 Å². The molecule has 0 bridgehead atoms. The van der Waals surface area contributed by atoms with Crippen LogP contribution in [0.5, 0.6) is 5.75 Å². The fraction of sp³-hybridized carbons (Fsp3) is 0.333. The Bertz CT molecular complexity index is 597. The van der Waals surface area contributed by atoms with Crippen LogP contribution in [0.2, 0.25) is 0 Å². The first kappa shape index (κ1) is 16.8. The second-order valence-electron chi connectivity index (χ2n) is 4.15. The van der Waals surface area contributed by atoms with Crippen LogP contribution in [-0.2, 0) is 19.6 Å². The SMILES string of the molecule is NC(=O)CCOc1ccc(NS(=O)(=O)CCC(=O)O)cc1. The van der Waals surface area contributed by atoms with Crippen molar-refractivity contribution in [3.05, 3.63) is 24.3 Å². The minimum absolute atomic E-state index is 0.0869. The molecule has 0 atom stereocenters. The molecule has 9 heteroatoms. The first-order valence-corrected chi connectivity index (χ1v) is 7.67. The first-order valence-electron chi connectivity index (χ1n) is 6.02. The Kier molecular flexibility index (Phi) is 5.97. The molecule has 0 aliphatic carbocycles. The zero-order chi connectivity index (χ0) is 15.9. The zero-order valence-electron chi connectivity index (χ0n) is 11.1. The van der Waals surface area contributed by atoms with Gasteiger partial charge in [0.05, 0.1) is 25.2 Å². The van der Waals surface area contributed by atoms with Gasteiger partial charge in [0.25, 0.3) is 0 Å². The van der Waals surface area contributed by atoms with Gasteiger partial charge in [0.15, 0.2) is 0 Å². The lowest BCUT2D eigenvalue weighted by Gasteiger charge is -2.08. The van der Waals surface area contributed by atoms with E-state index in [2.05, 4.69) is 4.72 Å². The summed E-state index contributed by atoms with van der Waals surface area (Å²) in [5.41, 5.74) is 5.26. The van der Waals surface area contributed by atoms with Gasteiger partial charge in [-0.15, -0.1) is 0 Å². The number of hydrogen-bond donors (Lipinski definition) is 3. The molecule has 1 aromatic carbocycles. The van der Waals surface area contributed by atoms with Crippen LogP contribution in [0.4, 0.5) is 5.69 Å². The highest BCUT2D eigenvalue weighted by Crippen LogP contribution is 2.17. The monoisotopic (exact) mass is 316 g/mol. The number of hydrogen-bond acceptors (Lipinski definition) is 5. The number of carboxylic acid groups (broad SMARTS) is 1. The third-order valence-corrected chi connectivity index (χ3v) is 3.62. The lowest BCUT2D eigenvalue weighted by molar-refractivity contribution is -0.136. The van der Waals surface area contributed by atoms with Gasteiger partial charge in [-0.25, -0.2) is 8.42 Å². The van der Waals surface area contributed by atoms with Crippen LogP contribution in [0.25, 0.3) is 0 Å². The van der Waals surface area contributed by atoms with Crippen LogP contribution < -0.4 is 15.2 Å². The minimum atomic E-state index is -3.70. The first-order chi connectivity index (χ1) is 9.78. The molecule has 0 saturated carbocycles. The maximum absolute atomic E-state index is 11.6. The topological polar surface area (TPSA) is 136 Å². The predicted molar refractivity (Wildman–Crippen MR) is 75.4 cm³/mol. The molecule has 0 spiro atoms. The standard InChI is InChI=1S/C12H16N2O6S/c13-11(15)5-7-20-10-3-1-9(2-4-10)14-21(18,19)8-6-12(16)17/h1-4,14H,5-8H2,(H2,13,15)(H,16,17). The van der Waals surface area contributed by atoms with E-state index < -0.39 is 34.1 Å². The van der Waals surface area contributed by atoms with E-state index in [-0.39, 0.29) is 13.0 Å². The van der Waals surface area contributed by atoms with Crippen molar-refractivity contribution in [3.63, 3.8) is 0 Å². The number of carbonyl (C=O) groups excluding carboxylic acids is 1. The Morgan fingerprint density at radius 3 is 2.33 bits per heavy atom. The summed E-state index contributed by atoms with van der Waals surface area (Å²) in [5, 5.41) is 8.46. The molecule has 0 unspecified atom stereocenters. The molecule has 0 radical (unpaired) electrons. The number of carboxylic acids is 1. The van der Waals surface area contributed by atoms with Gasteiger partial charge in [-0.1, -0.05) is 0 Å². The Labute approximate surface area is 122 Å². The molecular weight excluding hydrogens is 300 g/mol. The van der Waals surface area contributed by atoms with Crippen molar-refractivity contribution in [1.29, 1.82) is 0 Å². The van der Waals surface area contributed by atoms with E-state index in [4.69, 9.17) is 15.6 Å². The number of aliphatic carboxylic acids is 1. The molecule has 1 aromatic rings.